The molecule has 18 aromatic rings. The van der Waals surface area contributed by atoms with E-state index in [2.05, 4.69) is 93.0 Å². The van der Waals surface area contributed by atoms with Crippen molar-refractivity contribution in [3.05, 3.63) is 239 Å². The number of aromatic nitrogens is 18. The maximum absolute atomic E-state index is 13.7. The van der Waals surface area contributed by atoms with Crippen molar-refractivity contribution < 1.29 is 4.39 Å². The molecule has 0 amide bonds. The van der Waals surface area contributed by atoms with Crippen LogP contribution in [0.3, 0.4) is 0 Å². The normalized spacial score (nSPS) is 11.6. The summed E-state index contributed by atoms with van der Waals surface area (Å²) in [6, 6.07) is 44.5. The SMILES string of the molecule is CSc1n[nH]c2c1c(=O)n(CCCN)c1ccccc21.C[Si](C)(C)c1ccc2c(c1)c1[nH][nH]c(=O)c1c(=O)n2CCCN.Cc1[nH]nc2c1c(=O)n(CCCN)c1ccccc21.NCCCn1c(=O)c2c(=O)[nH][nH]c2c2ccccc21.NCCCn1c(=O)c2c(Cl)[nH]nc2c2ccccc21.NCCCn1c(=O)c2c(F)[nH]nc2c2ccccc21. The van der Waals surface area contributed by atoms with Crippen molar-refractivity contribution in [1.82, 2.24) is 88.6 Å². The van der Waals surface area contributed by atoms with E-state index in [1.807, 2.05) is 141 Å². The first-order valence-corrected chi connectivity index (χ1v) is 44.2. The van der Waals surface area contributed by atoms with Crippen LogP contribution in [0.25, 0.3) is 131 Å². The number of aryl methyl sites for hydroxylation is 7. The lowest BCUT2D eigenvalue weighted by molar-refractivity contribution is 0.584. The van der Waals surface area contributed by atoms with Gasteiger partial charge in [0, 0.05) is 77.3 Å². The molecule has 0 saturated heterocycles. The average Bonchev–Trinajstić information content (AvgIpc) is 1.70. The van der Waals surface area contributed by atoms with Crippen LogP contribution in [-0.2, 0) is 39.3 Å². The molecule has 0 atom stereocenters. The zero-order valence-corrected chi connectivity index (χ0v) is 68.9. The second kappa shape index (κ2) is 37.0. The molecule has 0 unspecified atom stereocenters. The van der Waals surface area contributed by atoms with Crippen LogP contribution in [0.1, 0.15) is 44.2 Å². The number of H-pyrrole nitrogens is 8. The molecule has 119 heavy (non-hydrogen) atoms. The minimum atomic E-state index is -1.50. The number of rotatable bonds is 20. The summed E-state index contributed by atoms with van der Waals surface area (Å²) in [5, 5.41) is 48.0. The Kier molecular flexibility index (Phi) is 26.3. The Bertz CT molecular complexity index is 6990. The van der Waals surface area contributed by atoms with Crippen molar-refractivity contribution >= 4 is 167 Å². The lowest BCUT2D eigenvalue weighted by atomic mass is 10.1. The molecule has 12 aromatic heterocycles. The monoisotopic (exact) mass is 1670 g/mol. The maximum Gasteiger partial charge on any atom is 0.277 e. The highest BCUT2D eigenvalue weighted by Gasteiger charge is 2.24. The van der Waals surface area contributed by atoms with Crippen LogP contribution in [0.5, 0.6) is 0 Å². The van der Waals surface area contributed by atoms with E-state index in [-0.39, 0.29) is 65.8 Å². The van der Waals surface area contributed by atoms with Gasteiger partial charge < -0.3 is 61.8 Å². The summed E-state index contributed by atoms with van der Waals surface area (Å²) < 4.78 is 23.8. The minimum absolute atomic E-state index is 0.00486. The summed E-state index contributed by atoms with van der Waals surface area (Å²) in [6.45, 7) is 15.2. The van der Waals surface area contributed by atoms with Gasteiger partial charge in [-0.1, -0.05) is 140 Å². The number of benzene rings is 6. The Labute approximate surface area is 685 Å². The van der Waals surface area contributed by atoms with E-state index in [4.69, 9.17) is 46.0 Å². The number of nitrogens with two attached hydrogens (primary N) is 6. The van der Waals surface area contributed by atoms with Crippen molar-refractivity contribution in [2.75, 3.05) is 45.5 Å². The molecule has 20 N–H and O–H groups in total. The Morgan fingerprint density at radius 1 is 0.370 bits per heavy atom. The van der Waals surface area contributed by atoms with E-state index in [1.54, 1.807) is 27.4 Å². The van der Waals surface area contributed by atoms with E-state index in [0.29, 0.717) is 136 Å². The smallest absolute Gasteiger partial charge is 0.277 e. The fourth-order valence-electron chi connectivity index (χ4n) is 15.0. The molecule has 0 aliphatic rings. The molecule has 0 fully saturated rings. The molecule has 18 rings (SSSR count). The first kappa shape index (κ1) is 84.5. The number of nitrogens with one attached hydrogen (secondary N) is 8. The van der Waals surface area contributed by atoms with Crippen molar-refractivity contribution in [3.63, 3.8) is 0 Å². The topological polar surface area (TPSA) is 500 Å². The number of thioether (sulfide) groups is 1. The predicted molar refractivity (Wildman–Crippen MR) is 479 cm³/mol. The van der Waals surface area contributed by atoms with Gasteiger partial charge in [0.2, 0.25) is 5.95 Å². The fourth-order valence-corrected chi connectivity index (χ4v) is 16.9. The molecular weight excluding hydrogens is 1580 g/mol. The number of halogens is 2. The Morgan fingerprint density at radius 3 is 1.12 bits per heavy atom. The van der Waals surface area contributed by atoms with Crippen molar-refractivity contribution in [2.24, 2.45) is 34.4 Å². The number of pyridine rings is 6. The number of fused-ring (bicyclic) bond motifs is 18. The summed E-state index contributed by atoms with van der Waals surface area (Å²) in [5.41, 5.74) is 41.1. The molecule has 0 spiro atoms. The molecule has 0 aliphatic heterocycles. The lowest BCUT2D eigenvalue weighted by Gasteiger charge is -2.18. The Balaban J connectivity index is 0.000000124. The maximum atomic E-state index is 13.7. The first-order chi connectivity index (χ1) is 57.6. The lowest BCUT2D eigenvalue weighted by Crippen LogP contribution is -2.37. The van der Waals surface area contributed by atoms with Crippen LogP contribution in [0.4, 0.5) is 4.39 Å². The van der Waals surface area contributed by atoms with Crippen LogP contribution >= 0.6 is 23.4 Å². The minimum Gasteiger partial charge on any atom is -0.330 e. The molecule has 12 heterocycles. The third-order valence-corrected chi connectivity index (χ3v) is 23.8. The van der Waals surface area contributed by atoms with Gasteiger partial charge in [-0.2, -0.15) is 24.8 Å². The predicted octanol–water partition coefficient (Wildman–Crippen LogP) is 8.31. The molecule has 0 saturated carbocycles. The van der Waals surface area contributed by atoms with Gasteiger partial charge in [0.15, 0.2) is 0 Å². The average molecular weight is 1670 g/mol. The van der Waals surface area contributed by atoms with Gasteiger partial charge in [0.1, 0.15) is 48.3 Å². The van der Waals surface area contributed by atoms with Crippen molar-refractivity contribution in [3.8, 4) is 0 Å². The third-order valence-electron chi connectivity index (χ3n) is 20.8. The van der Waals surface area contributed by atoms with Crippen molar-refractivity contribution in [2.45, 2.75) is 109 Å². The highest BCUT2D eigenvalue weighted by molar-refractivity contribution is 7.98. The standard InChI is InChI=1S/C16H22N4O2Si.C14H16N4OS.C14H16N4O.C13H13ClN4O.C13H13FN4O.C13H14N4O2/c1-23(2,3)10-5-6-12-11(9-10)14-13(15(21)19-18-14)16(22)20(12)8-4-7-17;1-20-13-11-12(16-17-13)9-5-2-3-6-10(9)18(14(11)19)8-4-7-15;1-9-12-13(17-16-9)10-5-2-3-6-11(10)18(14(12)19)8-4-7-15;2*14-12-10-11(16-17-12)8-4-1-2-5-9(8)18(13(10)19)7-3-6-15;14-6-3-7-17-9-5-2-1-4-8(9)11-10(13(17)19)12(18)16-15-11/h5-6,9H,4,7-8,17H2,1-3H3,(H2,18,19,21);2-3,5-6H,4,7-8,15H2,1H3,(H,16,17);2-3,5-6H,4,7-8,15H2,1H3,(H,16,17);2*1-2,4-5H,3,6-7,15H2,(H,16,17);1-2,4-5H,3,6-7,14H2,(H2,15,16,18). The number of para-hydroxylation sites is 5. The van der Waals surface area contributed by atoms with E-state index < -0.39 is 14.0 Å². The molecule has 618 valence electrons. The largest absolute Gasteiger partial charge is 0.330 e. The van der Waals surface area contributed by atoms with Gasteiger partial charge in [0.05, 0.1) is 68.5 Å². The van der Waals surface area contributed by atoms with Gasteiger partial charge in [0.25, 0.3) is 44.5 Å². The quantitative estimate of drug-likeness (QED) is 0.0252. The van der Waals surface area contributed by atoms with E-state index in [1.165, 1.54) is 16.9 Å². The second-order valence-corrected chi connectivity index (χ2v) is 35.6. The summed E-state index contributed by atoms with van der Waals surface area (Å²) in [6.07, 6.45) is 6.28. The molecule has 0 bridgehead atoms. The van der Waals surface area contributed by atoms with Crippen LogP contribution < -0.4 is 84.1 Å². The van der Waals surface area contributed by atoms with Crippen LogP contribution in [0, 0.1) is 12.9 Å². The highest BCUT2D eigenvalue weighted by Crippen LogP contribution is 2.30. The van der Waals surface area contributed by atoms with Gasteiger partial charge in [-0.15, -0.1) is 11.8 Å². The molecule has 0 radical (unpaired) electrons. The van der Waals surface area contributed by atoms with Gasteiger partial charge in [-0.25, -0.2) is 0 Å². The first-order valence-electron chi connectivity index (χ1n) is 39.1. The molecular formula is C83H94ClFN24O8SSi. The van der Waals surface area contributed by atoms with E-state index >= 15 is 0 Å². The summed E-state index contributed by atoms with van der Waals surface area (Å²) in [4.78, 5) is 99.1. The zero-order valence-electron chi connectivity index (χ0n) is 66.4. The third kappa shape index (κ3) is 16.5. The van der Waals surface area contributed by atoms with E-state index in [0.717, 1.165) is 106 Å². The van der Waals surface area contributed by atoms with E-state index in [9.17, 15) is 42.7 Å². The van der Waals surface area contributed by atoms with Crippen LogP contribution in [0.2, 0.25) is 24.8 Å². The van der Waals surface area contributed by atoms with Crippen molar-refractivity contribution in [1.29, 1.82) is 0 Å². The summed E-state index contributed by atoms with van der Waals surface area (Å²) >= 11 is 7.51. The van der Waals surface area contributed by atoms with Gasteiger partial charge >= 0.3 is 0 Å². The van der Waals surface area contributed by atoms with Crippen LogP contribution in [-0.4, -0.2) is 142 Å². The molecule has 6 aromatic carbocycles. The summed E-state index contributed by atoms with van der Waals surface area (Å²) in [5.74, 6) is -0.688. The Hall–Kier alpha value is -12.5. The molecule has 0 aliphatic carbocycles. The van der Waals surface area contributed by atoms with Crippen LogP contribution in [0.15, 0.2) is 183 Å². The van der Waals surface area contributed by atoms with Gasteiger partial charge in [-0.3, -0.25) is 79.1 Å². The molecule has 32 nitrogen and oxygen atoms in total. The fraction of sp³-hybridized carbons (Fsp3) is 0.277. The summed E-state index contributed by atoms with van der Waals surface area (Å²) in [7, 11) is -1.50. The number of nitrogens with zero attached hydrogens (tertiary/aromatic N) is 10. The number of hydrogen-bond donors (Lipinski definition) is 14. The Morgan fingerprint density at radius 2 is 0.697 bits per heavy atom. The second-order valence-electron chi connectivity index (χ2n) is 29.4. The molecule has 36 heteroatoms. The number of aromatic amines is 8. The number of hydrogen-bond acceptors (Lipinski definition) is 19. The van der Waals surface area contributed by atoms with Gasteiger partial charge in [-0.05, 0) is 127 Å². The highest BCUT2D eigenvalue weighted by atomic mass is 35.5. The zero-order chi connectivity index (χ0) is 84.5.